The van der Waals surface area contributed by atoms with Crippen molar-refractivity contribution in [2.75, 3.05) is 0 Å². The van der Waals surface area contributed by atoms with E-state index in [2.05, 4.69) is 10.9 Å². The summed E-state index contributed by atoms with van der Waals surface area (Å²) in [6.07, 6.45) is 7.49. The standard InChI is InChI=1S/C14H11ClN2O/c1-2-7-17-13(9-3-4-9)16-12-6-5-10(15)8-11(12)14(17)18/h1,5-6,8-9H,3-4,7H2. The number of nitrogens with zero attached hydrogens (tertiary/aromatic N) is 2. The Kier molecular flexibility index (Phi) is 2.61. The zero-order chi connectivity index (χ0) is 12.7. The maximum atomic E-state index is 12.4. The number of benzene rings is 1. The average Bonchev–Trinajstić information content (AvgIpc) is 3.17. The topological polar surface area (TPSA) is 34.9 Å². The van der Waals surface area contributed by atoms with Gasteiger partial charge in [0.25, 0.3) is 5.56 Å². The molecule has 0 spiro atoms. The summed E-state index contributed by atoms with van der Waals surface area (Å²) in [6, 6.07) is 5.18. The molecule has 0 aliphatic heterocycles. The van der Waals surface area contributed by atoms with E-state index in [4.69, 9.17) is 18.0 Å². The molecule has 90 valence electrons. The fourth-order valence-electron chi connectivity index (χ4n) is 2.11. The molecule has 0 amide bonds. The molecule has 1 aliphatic carbocycles. The number of terminal acetylenes is 1. The first-order valence-electron chi connectivity index (χ1n) is 5.84. The first-order chi connectivity index (χ1) is 8.70. The SMILES string of the molecule is C#CCn1c(C2CC2)nc2ccc(Cl)cc2c1=O. The van der Waals surface area contributed by atoms with Crippen LogP contribution in [-0.2, 0) is 6.54 Å². The first-order valence-corrected chi connectivity index (χ1v) is 6.22. The van der Waals surface area contributed by atoms with Gasteiger partial charge in [0.2, 0.25) is 0 Å². The van der Waals surface area contributed by atoms with Gasteiger partial charge in [-0.3, -0.25) is 9.36 Å². The van der Waals surface area contributed by atoms with Crippen LogP contribution >= 0.6 is 11.6 Å². The van der Waals surface area contributed by atoms with Crippen LogP contribution in [0.2, 0.25) is 5.02 Å². The Morgan fingerprint density at radius 2 is 2.28 bits per heavy atom. The lowest BCUT2D eigenvalue weighted by Gasteiger charge is -2.10. The van der Waals surface area contributed by atoms with Crippen LogP contribution in [0.3, 0.4) is 0 Å². The third-order valence-corrected chi connectivity index (χ3v) is 3.37. The van der Waals surface area contributed by atoms with Crippen LogP contribution in [0.15, 0.2) is 23.0 Å². The van der Waals surface area contributed by atoms with Gasteiger partial charge in [-0.2, -0.15) is 0 Å². The minimum Gasteiger partial charge on any atom is -0.284 e. The lowest BCUT2D eigenvalue weighted by atomic mass is 10.2. The summed E-state index contributed by atoms with van der Waals surface area (Å²) in [6.45, 7) is 0.264. The summed E-state index contributed by atoms with van der Waals surface area (Å²) in [5.74, 6) is 3.71. The van der Waals surface area contributed by atoms with Crippen LogP contribution in [0.1, 0.15) is 24.6 Å². The highest BCUT2D eigenvalue weighted by molar-refractivity contribution is 6.31. The number of halogens is 1. The minimum absolute atomic E-state index is 0.0950. The van der Waals surface area contributed by atoms with Crippen LogP contribution in [0, 0.1) is 12.3 Å². The van der Waals surface area contributed by atoms with Crippen LogP contribution in [0.5, 0.6) is 0 Å². The molecule has 0 unspecified atom stereocenters. The molecular formula is C14H11ClN2O. The molecule has 18 heavy (non-hydrogen) atoms. The Labute approximate surface area is 109 Å². The summed E-state index contributed by atoms with van der Waals surface area (Å²) in [7, 11) is 0. The number of hydrogen-bond acceptors (Lipinski definition) is 2. The van der Waals surface area contributed by atoms with Crippen molar-refractivity contribution in [3.63, 3.8) is 0 Å². The second kappa shape index (κ2) is 4.15. The highest BCUT2D eigenvalue weighted by Gasteiger charge is 2.29. The van der Waals surface area contributed by atoms with Gasteiger partial charge < -0.3 is 0 Å². The van der Waals surface area contributed by atoms with Gasteiger partial charge in [-0.05, 0) is 31.0 Å². The van der Waals surface area contributed by atoms with E-state index < -0.39 is 0 Å². The van der Waals surface area contributed by atoms with E-state index in [0.29, 0.717) is 21.8 Å². The Bertz CT molecular complexity index is 723. The van der Waals surface area contributed by atoms with E-state index in [1.807, 2.05) is 0 Å². The van der Waals surface area contributed by atoms with E-state index >= 15 is 0 Å². The van der Waals surface area contributed by atoms with E-state index in [1.54, 1.807) is 22.8 Å². The monoisotopic (exact) mass is 258 g/mol. The van der Waals surface area contributed by atoms with E-state index in [9.17, 15) is 4.79 Å². The van der Waals surface area contributed by atoms with Gasteiger partial charge in [0.15, 0.2) is 0 Å². The Morgan fingerprint density at radius 1 is 1.50 bits per heavy atom. The fourth-order valence-corrected chi connectivity index (χ4v) is 2.28. The summed E-state index contributed by atoms with van der Waals surface area (Å²) in [4.78, 5) is 17.0. The van der Waals surface area contributed by atoms with Crippen molar-refractivity contribution in [2.45, 2.75) is 25.3 Å². The number of rotatable bonds is 2. The lowest BCUT2D eigenvalue weighted by molar-refractivity contribution is 0.705. The van der Waals surface area contributed by atoms with Crippen molar-refractivity contribution in [3.8, 4) is 12.3 Å². The molecule has 1 aliphatic rings. The summed E-state index contributed by atoms with van der Waals surface area (Å²) >= 11 is 5.92. The lowest BCUT2D eigenvalue weighted by Crippen LogP contribution is -2.24. The van der Waals surface area contributed by atoms with Gasteiger partial charge in [-0.15, -0.1) is 6.42 Å². The van der Waals surface area contributed by atoms with Crippen molar-refractivity contribution in [1.29, 1.82) is 0 Å². The zero-order valence-electron chi connectivity index (χ0n) is 9.69. The molecule has 1 heterocycles. The molecule has 4 heteroatoms. The maximum absolute atomic E-state index is 12.4. The van der Waals surface area contributed by atoms with Crippen LogP contribution in [-0.4, -0.2) is 9.55 Å². The average molecular weight is 259 g/mol. The van der Waals surface area contributed by atoms with Crippen molar-refractivity contribution in [2.24, 2.45) is 0 Å². The molecule has 1 saturated carbocycles. The highest BCUT2D eigenvalue weighted by atomic mass is 35.5. The van der Waals surface area contributed by atoms with Crippen molar-refractivity contribution >= 4 is 22.5 Å². The van der Waals surface area contributed by atoms with Gasteiger partial charge in [-0.25, -0.2) is 4.98 Å². The third-order valence-electron chi connectivity index (χ3n) is 3.14. The molecular weight excluding hydrogens is 248 g/mol. The predicted molar refractivity (Wildman–Crippen MR) is 71.8 cm³/mol. The molecule has 1 aromatic heterocycles. The largest absolute Gasteiger partial charge is 0.284 e. The molecule has 3 rings (SSSR count). The van der Waals surface area contributed by atoms with Gasteiger partial charge in [0.05, 0.1) is 17.4 Å². The molecule has 0 N–H and O–H groups in total. The number of fused-ring (bicyclic) bond motifs is 1. The maximum Gasteiger partial charge on any atom is 0.262 e. The summed E-state index contributed by atoms with van der Waals surface area (Å²) in [5.41, 5.74) is 0.599. The second-order valence-electron chi connectivity index (χ2n) is 4.50. The molecule has 0 atom stereocenters. The van der Waals surface area contributed by atoms with Crippen LogP contribution in [0.4, 0.5) is 0 Å². The Balaban J connectivity index is 2.34. The summed E-state index contributed by atoms with van der Waals surface area (Å²) in [5, 5.41) is 1.06. The van der Waals surface area contributed by atoms with Gasteiger partial charge in [0, 0.05) is 10.9 Å². The van der Waals surface area contributed by atoms with E-state index in [0.717, 1.165) is 18.7 Å². The van der Waals surface area contributed by atoms with Crippen LogP contribution < -0.4 is 5.56 Å². The van der Waals surface area contributed by atoms with Gasteiger partial charge in [-0.1, -0.05) is 17.5 Å². The van der Waals surface area contributed by atoms with E-state index in [-0.39, 0.29) is 12.1 Å². The van der Waals surface area contributed by atoms with Crippen molar-refractivity contribution < 1.29 is 0 Å². The molecule has 0 saturated heterocycles. The summed E-state index contributed by atoms with van der Waals surface area (Å²) < 4.78 is 1.59. The molecule has 1 aromatic carbocycles. The van der Waals surface area contributed by atoms with Crippen molar-refractivity contribution in [3.05, 3.63) is 39.4 Å². The number of hydrogen-bond donors (Lipinski definition) is 0. The van der Waals surface area contributed by atoms with Gasteiger partial charge >= 0.3 is 0 Å². The molecule has 0 radical (unpaired) electrons. The zero-order valence-corrected chi connectivity index (χ0v) is 10.4. The molecule has 3 nitrogen and oxygen atoms in total. The fraction of sp³-hybridized carbons (Fsp3) is 0.286. The smallest absolute Gasteiger partial charge is 0.262 e. The molecule has 2 aromatic rings. The first kappa shape index (κ1) is 11.3. The third kappa shape index (κ3) is 1.79. The predicted octanol–water partition coefficient (Wildman–Crippen LogP) is 2.56. The Morgan fingerprint density at radius 3 is 2.94 bits per heavy atom. The number of aromatic nitrogens is 2. The molecule has 0 bridgehead atoms. The normalized spacial score (nSPS) is 14.7. The van der Waals surface area contributed by atoms with E-state index in [1.165, 1.54) is 0 Å². The second-order valence-corrected chi connectivity index (χ2v) is 4.94. The van der Waals surface area contributed by atoms with Crippen molar-refractivity contribution in [1.82, 2.24) is 9.55 Å². The van der Waals surface area contributed by atoms with Gasteiger partial charge in [0.1, 0.15) is 5.82 Å². The highest BCUT2D eigenvalue weighted by Crippen LogP contribution is 2.38. The quantitative estimate of drug-likeness (QED) is 0.776. The van der Waals surface area contributed by atoms with Crippen LogP contribution in [0.25, 0.3) is 10.9 Å². The Hall–Kier alpha value is -1.79. The molecule has 1 fully saturated rings. The minimum atomic E-state index is -0.0950.